The molecule has 1 saturated carbocycles. The van der Waals surface area contributed by atoms with E-state index in [0.717, 1.165) is 12.8 Å². The first kappa shape index (κ1) is 16.3. The number of carbonyl (C=O) groups is 1. The molecule has 0 aromatic heterocycles. The Kier molecular flexibility index (Phi) is 6.49. The molecule has 1 aliphatic carbocycles. The van der Waals surface area contributed by atoms with E-state index in [-0.39, 0.29) is 12.5 Å². The van der Waals surface area contributed by atoms with Crippen LogP contribution < -0.4 is 10.7 Å². The minimum absolute atomic E-state index is 0.151. The number of hydrogen-bond donors (Lipinski definition) is 2. The van der Waals surface area contributed by atoms with E-state index in [9.17, 15) is 4.79 Å². The van der Waals surface area contributed by atoms with Crippen molar-refractivity contribution in [3.63, 3.8) is 0 Å². The van der Waals surface area contributed by atoms with Gasteiger partial charge in [0.15, 0.2) is 0 Å². The summed E-state index contributed by atoms with van der Waals surface area (Å²) in [6, 6.07) is 5.57. The van der Waals surface area contributed by atoms with E-state index < -0.39 is 0 Å². The summed E-state index contributed by atoms with van der Waals surface area (Å²) in [4.78, 5) is 11.7. The van der Waals surface area contributed by atoms with Crippen LogP contribution in [0.3, 0.4) is 0 Å². The highest BCUT2D eigenvalue weighted by molar-refractivity contribution is 6.36. The molecule has 0 aliphatic heterocycles. The fourth-order valence-electron chi connectivity index (χ4n) is 2.36. The molecule has 0 atom stereocenters. The highest BCUT2D eigenvalue weighted by Crippen LogP contribution is 2.19. The Hall–Kier alpha value is -1.10. The van der Waals surface area contributed by atoms with Crippen molar-refractivity contribution in [2.45, 2.75) is 38.1 Å². The summed E-state index contributed by atoms with van der Waals surface area (Å²) in [5.41, 5.74) is 3.20. The van der Waals surface area contributed by atoms with Gasteiger partial charge in [-0.25, -0.2) is 5.43 Å². The second kappa shape index (κ2) is 8.37. The Balaban J connectivity index is 1.73. The van der Waals surface area contributed by atoms with Crippen molar-refractivity contribution >= 4 is 35.3 Å². The first-order chi connectivity index (χ1) is 10.1. The van der Waals surface area contributed by atoms with Gasteiger partial charge in [0.25, 0.3) is 5.91 Å². The first-order valence-corrected chi connectivity index (χ1v) is 7.91. The summed E-state index contributed by atoms with van der Waals surface area (Å²) in [5, 5.41) is 8.23. The van der Waals surface area contributed by atoms with Gasteiger partial charge in [-0.3, -0.25) is 4.79 Å². The first-order valence-electron chi connectivity index (χ1n) is 7.15. The standard InChI is InChI=1S/C15H19Cl2N3O/c16-12-7-6-11(14(17)8-12)9-19-20-15(21)10-18-13-4-2-1-3-5-13/h6-9,13,18H,1-5,10H2,(H,20,21)/b19-9-. The van der Waals surface area contributed by atoms with Crippen molar-refractivity contribution in [1.29, 1.82) is 0 Å². The van der Waals surface area contributed by atoms with Gasteiger partial charge in [0.2, 0.25) is 0 Å². The lowest BCUT2D eigenvalue weighted by Gasteiger charge is -2.22. The molecule has 2 rings (SSSR count). The Labute approximate surface area is 134 Å². The van der Waals surface area contributed by atoms with Gasteiger partial charge in [-0.1, -0.05) is 48.5 Å². The fraction of sp³-hybridized carbons (Fsp3) is 0.467. The van der Waals surface area contributed by atoms with Crippen molar-refractivity contribution in [1.82, 2.24) is 10.7 Å². The molecular formula is C15H19Cl2N3O. The summed E-state index contributed by atoms with van der Waals surface area (Å²) >= 11 is 11.8. The smallest absolute Gasteiger partial charge is 0.254 e. The SMILES string of the molecule is O=C(CNC1CCCCC1)N/N=C\c1ccc(Cl)cc1Cl. The van der Waals surface area contributed by atoms with Gasteiger partial charge in [-0.05, 0) is 25.0 Å². The molecule has 21 heavy (non-hydrogen) atoms. The van der Waals surface area contributed by atoms with Crippen LogP contribution in [0, 0.1) is 0 Å². The molecule has 1 aromatic carbocycles. The molecule has 0 spiro atoms. The molecule has 1 aromatic rings. The summed E-state index contributed by atoms with van der Waals surface area (Å²) in [5.74, 6) is -0.151. The maximum absolute atomic E-state index is 11.7. The molecule has 0 heterocycles. The topological polar surface area (TPSA) is 53.5 Å². The van der Waals surface area contributed by atoms with Crippen molar-refractivity contribution < 1.29 is 4.79 Å². The molecule has 0 saturated heterocycles. The normalized spacial score (nSPS) is 16.3. The number of hydrogen-bond acceptors (Lipinski definition) is 3. The summed E-state index contributed by atoms with van der Waals surface area (Å²) in [6.45, 7) is 0.288. The number of rotatable bonds is 5. The van der Waals surface area contributed by atoms with E-state index in [0.29, 0.717) is 21.7 Å². The van der Waals surface area contributed by atoms with Crippen LogP contribution in [-0.4, -0.2) is 24.7 Å². The number of nitrogens with zero attached hydrogens (tertiary/aromatic N) is 1. The van der Waals surface area contributed by atoms with Crippen LogP contribution in [-0.2, 0) is 4.79 Å². The largest absolute Gasteiger partial charge is 0.306 e. The predicted octanol–water partition coefficient (Wildman–Crippen LogP) is 3.37. The zero-order valence-electron chi connectivity index (χ0n) is 11.7. The fourth-order valence-corrected chi connectivity index (χ4v) is 2.82. The predicted molar refractivity (Wildman–Crippen MR) is 87.1 cm³/mol. The van der Waals surface area contributed by atoms with Gasteiger partial charge in [-0.15, -0.1) is 0 Å². The Morgan fingerprint density at radius 3 is 2.76 bits per heavy atom. The maximum atomic E-state index is 11.7. The molecule has 2 N–H and O–H groups in total. The average Bonchev–Trinajstić information content (AvgIpc) is 2.48. The van der Waals surface area contributed by atoms with E-state index in [4.69, 9.17) is 23.2 Å². The molecule has 0 radical (unpaired) electrons. The van der Waals surface area contributed by atoms with E-state index in [1.165, 1.54) is 25.5 Å². The van der Waals surface area contributed by atoms with Crippen LogP contribution >= 0.6 is 23.2 Å². The Morgan fingerprint density at radius 2 is 2.05 bits per heavy atom. The number of hydrazone groups is 1. The molecule has 4 nitrogen and oxygen atoms in total. The molecule has 1 fully saturated rings. The van der Waals surface area contributed by atoms with Crippen LogP contribution in [0.2, 0.25) is 10.0 Å². The third-order valence-corrected chi connectivity index (χ3v) is 4.07. The molecule has 0 unspecified atom stereocenters. The molecule has 1 amide bonds. The van der Waals surface area contributed by atoms with Crippen molar-refractivity contribution in [3.8, 4) is 0 Å². The van der Waals surface area contributed by atoms with Crippen LogP contribution in [0.5, 0.6) is 0 Å². The van der Waals surface area contributed by atoms with Crippen molar-refractivity contribution in [2.24, 2.45) is 5.10 Å². The molecule has 6 heteroatoms. The summed E-state index contributed by atoms with van der Waals surface area (Å²) in [6.07, 6.45) is 7.60. The highest BCUT2D eigenvalue weighted by Gasteiger charge is 2.13. The second-order valence-corrected chi connectivity index (χ2v) is 6.02. The van der Waals surface area contributed by atoms with Crippen LogP contribution in [0.25, 0.3) is 0 Å². The minimum atomic E-state index is -0.151. The molecular weight excluding hydrogens is 309 g/mol. The monoisotopic (exact) mass is 327 g/mol. The van der Waals surface area contributed by atoms with Gasteiger partial charge in [0.1, 0.15) is 0 Å². The van der Waals surface area contributed by atoms with E-state index >= 15 is 0 Å². The van der Waals surface area contributed by atoms with Crippen LogP contribution in [0.15, 0.2) is 23.3 Å². The number of carbonyl (C=O) groups excluding carboxylic acids is 1. The number of benzene rings is 1. The van der Waals surface area contributed by atoms with Gasteiger partial charge in [-0.2, -0.15) is 5.10 Å². The Bertz CT molecular complexity index is 514. The molecule has 1 aliphatic rings. The second-order valence-electron chi connectivity index (χ2n) is 5.17. The van der Waals surface area contributed by atoms with Gasteiger partial charge in [0, 0.05) is 16.6 Å². The lowest BCUT2D eigenvalue weighted by Crippen LogP contribution is -2.38. The van der Waals surface area contributed by atoms with Crippen molar-refractivity contribution in [2.75, 3.05) is 6.54 Å². The lowest BCUT2D eigenvalue weighted by atomic mass is 9.95. The third kappa shape index (κ3) is 5.65. The number of amides is 1. The van der Waals surface area contributed by atoms with Crippen LogP contribution in [0.1, 0.15) is 37.7 Å². The summed E-state index contributed by atoms with van der Waals surface area (Å²) in [7, 11) is 0. The van der Waals surface area contributed by atoms with E-state index in [2.05, 4.69) is 15.8 Å². The lowest BCUT2D eigenvalue weighted by molar-refractivity contribution is -0.120. The zero-order valence-corrected chi connectivity index (χ0v) is 13.3. The third-order valence-electron chi connectivity index (χ3n) is 3.51. The quantitative estimate of drug-likeness (QED) is 0.643. The number of halogens is 2. The number of nitrogens with one attached hydrogen (secondary N) is 2. The van der Waals surface area contributed by atoms with E-state index in [1.54, 1.807) is 18.2 Å². The van der Waals surface area contributed by atoms with E-state index in [1.807, 2.05) is 0 Å². The summed E-state index contributed by atoms with van der Waals surface area (Å²) < 4.78 is 0. The maximum Gasteiger partial charge on any atom is 0.254 e. The zero-order chi connectivity index (χ0) is 15.1. The minimum Gasteiger partial charge on any atom is -0.306 e. The van der Waals surface area contributed by atoms with Gasteiger partial charge >= 0.3 is 0 Å². The van der Waals surface area contributed by atoms with Gasteiger partial charge in [0.05, 0.1) is 17.8 Å². The average molecular weight is 328 g/mol. The van der Waals surface area contributed by atoms with Gasteiger partial charge < -0.3 is 5.32 Å². The van der Waals surface area contributed by atoms with Crippen LogP contribution in [0.4, 0.5) is 0 Å². The van der Waals surface area contributed by atoms with Crippen molar-refractivity contribution in [3.05, 3.63) is 33.8 Å². The molecule has 0 bridgehead atoms. The molecule has 114 valence electrons. The Morgan fingerprint density at radius 1 is 1.29 bits per heavy atom. The highest BCUT2D eigenvalue weighted by atomic mass is 35.5.